The Kier molecular flexibility index (Phi) is 3.89. The van der Waals surface area contributed by atoms with Gasteiger partial charge in [0.1, 0.15) is 12.4 Å². The van der Waals surface area contributed by atoms with Gasteiger partial charge in [0.25, 0.3) is 0 Å². The Morgan fingerprint density at radius 1 is 1.05 bits per heavy atom. The molecule has 0 atom stereocenters. The van der Waals surface area contributed by atoms with Gasteiger partial charge < -0.3 is 9.30 Å². The van der Waals surface area contributed by atoms with Gasteiger partial charge >= 0.3 is 0 Å². The molecule has 2 aromatic carbocycles. The van der Waals surface area contributed by atoms with Gasteiger partial charge in [-0.3, -0.25) is 0 Å². The lowest BCUT2D eigenvalue weighted by Gasteiger charge is -2.10. The van der Waals surface area contributed by atoms with E-state index in [-0.39, 0.29) is 0 Å². The van der Waals surface area contributed by atoms with Crippen molar-refractivity contribution in [2.75, 3.05) is 0 Å². The highest BCUT2D eigenvalue weighted by Crippen LogP contribution is 2.24. The summed E-state index contributed by atoms with van der Waals surface area (Å²) in [7, 11) is 0. The zero-order chi connectivity index (χ0) is 14.8. The van der Waals surface area contributed by atoms with Crippen LogP contribution in [0.2, 0.25) is 5.02 Å². The minimum atomic E-state index is 0.559. The topological polar surface area (TPSA) is 14.2 Å². The number of fused-ring (bicyclic) bond motifs is 1. The van der Waals surface area contributed by atoms with E-state index in [9.17, 15) is 0 Å². The van der Waals surface area contributed by atoms with Gasteiger partial charge in [-0.25, -0.2) is 0 Å². The number of aryl methyl sites for hydroxylation is 2. The van der Waals surface area contributed by atoms with Gasteiger partial charge in [0.05, 0.1) is 5.69 Å². The summed E-state index contributed by atoms with van der Waals surface area (Å²) in [4.78, 5) is 0. The van der Waals surface area contributed by atoms with Gasteiger partial charge in [0.15, 0.2) is 0 Å². The molecule has 0 spiro atoms. The van der Waals surface area contributed by atoms with Crippen molar-refractivity contribution in [1.82, 2.24) is 4.57 Å². The molecule has 1 heterocycles. The molecule has 0 aliphatic carbocycles. The fourth-order valence-electron chi connectivity index (χ4n) is 2.58. The van der Waals surface area contributed by atoms with Crippen LogP contribution in [0.5, 0.6) is 5.75 Å². The maximum absolute atomic E-state index is 6.07. The summed E-state index contributed by atoms with van der Waals surface area (Å²) in [6.45, 7) is 5.69. The Hall–Kier alpha value is -1.93. The van der Waals surface area contributed by atoms with Gasteiger partial charge in [-0.2, -0.15) is 0 Å². The Morgan fingerprint density at radius 2 is 1.81 bits per heavy atom. The summed E-state index contributed by atoms with van der Waals surface area (Å²) in [6.07, 6.45) is 0. The molecule has 3 aromatic rings. The van der Waals surface area contributed by atoms with Crippen LogP contribution >= 0.6 is 11.6 Å². The van der Waals surface area contributed by atoms with Crippen molar-refractivity contribution in [3.05, 3.63) is 64.8 Å². The van der Waals surface area contributed by atoms with Crippen LogP contribution < -0.4 is 4.74 Å². The summed E-state index contributed by atoms with van der Waals surface area (Å²) < 4.78 is 8.16. The maximum atomic E-state index is 6.07. The van der Waals surface area contributed by atoms with Crippen LogP contribution in [0, 0.1) is 6.92 Å². The molecular formula is C18H18ClNO. The predicted octanol–water partition coefficient (Wildman–Crippen LogP) is 5.20. The number of halogens is 1. The highest BCUT2D eigenvalue weighted by atomic mass is 35.5. The average molecular weight is 300 g/mol. The first-order chi connectivity index (χ1) is 10.2. The fourth-order valence-corrected chi connectivity index (χ4v) is 2.76. The lowest BCUT2D eigenvalue weighted by molar-refractivity contribution is 0.296. The third kappa shape index (κ3) is 2.91. The number of benzene rings is 2. The van der Waals surface area contributed by atoms with Crippen LogP contribution in [0.1, 0.15) is 18.2 Å². The number of aromatic nitrogens is 1. The molecule has 0 bridgehead atoms. The molecular weight excluding hydrogens is 282 g/mol. The molecule has 0 aliphatic rings. The Morgan fingerprint density at radius 3 is 2.52 bits per heavy atom. The third-order valence-corrected chi connectivity index (χ3v) is 3.91. The highest BCUT2D eigenvalue weighted by molar-refractivity contribution is 6.31. The van der Waals surface area contributed by atoms with Gasteiger partial charge in [-0.15, -0.1) is 0 Å². The minimum absolute atomic E-state index is 0.559. The zero-order valence-corrected chi connectivity index (χ0v) is 13.0. The number of nitrogens with zero attached hydrogens (tertiary/aromatic N) is 1. The molecule has 0 saturated carbocycles. The Balaban J connectivity index is 1.87. The third-order valence-electron chi connectivity index (χ3n) is 3.67. The first-order valence-electron chi connectivity index (χ1n) is 7.14. The molecule has 21 heavy (non-hydrogen) atoms. The molecule has 0 amide bonds. The molecule has 0 saturated heterocycles. The molecule has 0 aliphatic heterocycles. The second-order valence-corrected chi connectivity index (χ2v) is 5.62. The normalized spacial score (nSPS) is 11.0. The zero-order valence-electron chi connectivity index (χ0n) is 12.3. The maximum Gasteiger partial charge on any atom is 0.128 e. The van der Waals surface area contributed by atoms with Crippen LogP contribution in [-0.4, -0.2) is 4.57 Å². The Labute approximate surface area is 129 Å². The lowest BCUT2D eigenvalue weighted by atomic mass is 10.2. The summed E-state index contributed by atoms with van der Waals surface area (Å²) in [5.41, 5.74) is 3.60. The Bertz CT molecular complexity index is 759. The van der Waals surface area contributed by atoms with Crippen molar-refractivity contribution in [2.24, 2.45) is 0 Å². The molecule has 0 unspecified atom stereocenters. The molecule has 0 N–H and O–H groups in total. The standard InChI is InChI=1S/C18H18ClNO/c1-3-20-16(11-14-10-15(19)6-9-18(14)20)12-21-17-7-4-13(2)5-8-17/h4-11H,3,12H2,1-2H3. The number of hydrogen-bond acceptors (Lipinski definition) is 1. The number of hydrogen-bond donors (Lipinski definition) is 0. The van der Waals surface area contributed by atoms with E-state index in [1.54, 1.807) is 0 Å². The smallest absolute Gasteiger partial charge is 0.128 e. The summed E-state index contributed by atoms with van der Waals surface area (Å²) in [6, 6.07) is 16.3. The second kappa shape index (κ2) is 5.82. The molecule has 1 aromatic heterocycles. The van der Waals surface area contributed by atoms with E-state index in [1.807, 2.05) is 24.3 Å². The van der Waals surface area contributed by atoms with Gasteiger partial charge in [-0.1, -0.05) is 29.3 Å². The molecule has 3 heteroatoms. The summed E-state index contributed by atoms with van der Waals surface area (Å²) in [5, 5.41) is 1.92. The number of ether oxygens (including phenoxy) is 1. The quantitative estimate of drug-likeness (QED) is 0.645. The van der Waals surface area contributed by atoms with Crippen molar-refractivity contribution in [2.45, 2.75) is 27.0 Å². The van der Waals surface area contributed by atoms with E-state index in [0.29, 0.717) is 6.61 Å². The number of rotatable bonds is 4. The van der Waals surface area contributed by atoms with E-state index >= 15 is 0 Å². The van der Waals surface area contributed by atoms with Crippen molar-refractivity contribution < 1.29 is 4.74 Å². The minimum Gasteiger partial charge on any atom is -0.487 e. The molecule has 3 rings (SSSR count). The second-order valence-electron chi connectivity index (χ2n) is 5.18. The van der Waals surface area contributed by atoms with Crippen LogP contribution in [0.15, 0.2) is 48.5 Å². The van der Waals surface area contributed by atoms with Crippen LogP contribution in [0.3, 0.4) is 0 Å². The van der Waals surface area contributed by atoms with Gasteiger partial charge in [-0.05, 0) is 50.2 Å². The van der Waals surface area contributed by atoms with E-state index in [0.717, 1.165) is 28.4 Å². The van der Waals surface area contributed by atoms with Crippen molar-refractivity contribution in [3.63, 3.8) is 0 Å². The van der Waals surface area contributed by atoms with Crippen LogP contribution in [0.25, 0.3) is 10.9 Å². The average Bonchev–Trinajstić information content (AvgIpc) is 2.83. The molecule has 2 nitrogen and oxygen atoms in total. The van der Waals surface area contributed by atoms with Gasteiger partial charge in [0.2, 0.25) is 0 Å². The van der Waals surface area contributed by atoms with E-state index < -0.39 is 0 Å². The summed E-state index contributed by atoms with van der Waals surface area (Å²) in [5.74, 6) is 0.895. The lowest BCUT2D eigenvalue weighted by Crippen LogP contribution is -2.04. The highest BCUT2D eigenvalue weighted by Gasteiger charge is 2.08. The van der Waals surface area contributed by atoms with Crippen molar-refractivity contribution >= 4 is 22.5 Å². The van der Waals surface area contributed by atoms with Crippen molar-refractivity contribution in [3.8, 4) is 5.75 Å². The van der Waals surface area contributed by atoms with Crippen LogP contribution in [0.4, 0.5) is 0 Å². The van der Waals surface area contributed by atoms with E-state index in [1.165, 1.54) is 11.1 Å². The predicted molar refractivity (Wildman–Crippen MR) is 88.1 cm³/mol. The fraction of sp³-hybridized carbons (Fsp3) is 0.222. The largest absolute Gasteiger partial charge is 0.487 e. The van der Waals surface area contributed by atoms with Crippen LogP contribution in [-0.2, 0) is 13.2 Å². The first kappa shape index (κ1) is 14.0. The molecule has 0 radical (unpaired) electrons. The molecule has 0 fully saturated rings. The van der Waals surface area contributed by atoms with Gasteiger partial charge in [0, 0.05) is 22.5 Å². The van der Waals surface area contributed by atoms with Crippen molar-refractivity contribution in [1.29, 1.82) is 0 Å². The SMILES string of the molecule is CCn1c(COc2ccc(C)cc2)cc2cc(Cl)ccc21. The molecule has 108 valence electrons. The van der Waals surface area contributed by atoms with E-state index in [2.05, 4.69) is 42.7 Å². The summed E-state index contributed by atoms with van der Waals surface area (Å²) >= 11 is 6.07. The van der Waals surface area contributed by atoms with E-state index in [4.69, 9.17) is 16.3 Å². The monoisotopic (exact) mass is 299 g/mol. The first-order valence-corrected chi connectivity index (χ1v) is 7.52.